The van der Waals surface area contributed by atoms with Gasteiger partial charge in [-0.05, 0) is 31.2 Å². The van der Waals surface area contributed by atoms with E-state index < -0.39 is 0 Å². The Labute approximate surface area is 117 Å². The van der Waals surface area contributed by atoms with Crippen LogP contribution in [0.4, 0.5) is 0 Å². The van der Waals surface area contributed by atoms with Crippen LogP contribution in [0.5, 0.6) is 5.75 Å². The molecule has 0 saturated carbocycles. The van der Waals surface area contributed by atoms with Gasteiger partial charge in [-0.15, -0.1) is 5.10 Å². The minimum absolute atomic E-state index is 0.819. The first-order chi connectivity index (χ1) is 9.78. The summed E-state index contributed by atoms with van der Waals surface area (Å²) in [7, 11) is 1.66. The van der Waals surface area contributed by atoms with Crippen LogP contribution < -0.4 is 4.74 Å². The van der Waals surface area contributed by atoms with Crippen LogP contribution >= 0.6 is 0 Å². The first kappa shape index (κ1) is 12.4. The lowest BCUT2D eigenvalue weighted by atomic mass is 10.1. The van der Waals surface area contributed by atoms with E-state index in [1.54, 1.807) is 13.3 Å². The van der Waals surface area contributed by atoms with E-state index in [2.05, 4.69) is 29.4 Å². The highest BCUT2D eigenvalue weighted by Gasteiger charge is 2.09. The molecular formula is C16H15N3O. The summed E-state index contributed by atoms with van der Waals surface area (Å²) >= 11 is 0. The molecule has 0 spiro atoms. The largest absolute Gasteiger partial charge is 0.497 e. The molecule has 0 aliphatic heterocycles. The summed E-state index contributed by atoms with van der Waals surface area (Å²) in [5, 5.41) is 8.20. The second-order valence-corrected chi connectivity index (χ2v) is 4.60. The quantitative estimate of drug-likeness (QED) is 0.729. The van der Waals surface area contributed by atoms with Gasteiger partial charge < -0.3 is 4.74 Å². The molecule has 0 bridgehead atoms. The molecule has 100 valence electrons. The van der Waals surface area contributed by atoms with E-state index in [1.807, 2.05) is 41.1 Å². The van der Waals surface area contributed by atoms with Gasteiger partial charge in [0.1, 0.15) is 5.75 Å². The van der Waals surface area contributed by atoms with Crippen molar-refractivity contribution in [3.8, 4) is 22.7 Å². The third-order valence-corrected chi connectivity index (χ3v) is 3.19. The number of hydrogen-bond acceptors (Lipinski definition) is 3. The number of aryl methyl sites for hydroxylation is 1. The zero-order valence-electron chi connectivity index (χ0n) is 11.4. The van der Waals surface area contributed by atoms with Crippen LogP contribution in [0.15, 0.2) is 54.7 Å². The van der Waals surface area contributed by atoms with Crippen LogP contribution in [-0.4, -0.2) is 22.1 Å². The van der Waals surface area contributed by atoms with Gasteiger partial charge >= 0.3 is 0 Å². The predicted octanol–water partition coefficient (Wildman–Crippen LogP) is 3.25. The van der Waals surface area contributed by atoms with E-state index in [0.717, 1.165) is 22.7 Å². The standard InChI is InChI=1S/C16H15N3O/c1-12-6-8-14(9-7-12)19-16(11-17-18-19)13-4-3-5-15(10-13)20-2/h3-11H,1-2H3. The molecule has 0 amide bonds. The van der Waals surface area contributed by atoms with Gasteiger partial charge in [0.25, 0.3) is 0 Å². The maximum absolute atomic E-state index is 5.26. The summed E-state index contributed by atoms with van der Waals surface area (Å²) < 4.78 is 7.09. The van der Waals surface area contributed by atoms with Gasteiger partial charge in [0.15, 0.2) is 0 Å². The average molecular weight is 265 g/mol. The van der Waals surface area contributed by atoms with Crippen molar-refractivity contribution in [1.29, 1.82) is 0 Å². The maximum Gasteiger partial charge on any atom is 0.119 e. The Morgan fingerprint density at radius 2 is 1.85 bits per heavy atom. The van der Waals surface area contributed by atoms with Crippen molar-refractivity contribution >= 4 is 0 Å². The van der Waals surface area contributed by atoms with Gasteiger partial charge in [-0.2, -0.15) is 0 Å². The lowest BCUT2D eigenvalue weighted by Gasteiger charge is -2.08. The molecule has 0 unspecified atom stereocenters. The van der Waals surface area contributed by atoms with Crippen LogP contribution in [0, 0.1) is 6.92 Å². The fourth-order valence-corrected chi connectivity index (χ4v) is 2.09. The normalized spacial score (nSPS) is 10.5. The molecule has 0 N–H and O–H groups in total. The van der Waals surface area contributed by atoms with Gasteiger partial charge in [0.2, 0.25) is 0 Å². The minimum atomic E-state index is 0.819. The maximum atomic E-state index is 5.26. The lowest BCUT2D eigenvalue weighted by Crippen LogP contribution is -1.99. The second-order valence-electron chi connectivity index (χ2n) is 4.60. The Morgan fingerprint density at radius 1 is 1.05 bits per heavy atom. The van der Waals surface area contributed by atoms with E-state index in [-0.39, 0.29) is 0 Å². The molecule has 0 aliphatic carbocycles. The van der Waals surface area contributed by atoms with Gasteiger partial charge in [0, 0.05) is 5.56 Å². The molecule has 0 radical (unpaired) electrons. The van der Waals surface area contributed by atoms with Crippen molar-refractivity contribution in [3.05, 3.63) is 60.3 Å². The highest BCUT2D eigenvalue weighted by atomic mass is 16.5. The van der Waals surface area contributed by atoms with Crippen molar-refractivity contribution in [1.82, 2.24) is 15.0 Å². The molecule has 1 aromatic heterocycles. The summed E-state index contributed by atoms with van der Waals surface area (Å²) in [6.07, 6.45) is 1.76. The summed E-state index contributed by atoms with van der Waals surface area (Å²) in [6.45, 7) is 2.06. The summed E-state index contributed by atoms with van der Waals surface area (Å²) in [4.78, 5) is 0. The molecule has 20 heavy (non-hydrogen) atoms. The summed E-state index contributed by atoms with van der Waals surface area (Å²) in [6, 6.07) is 16.1. The number of hydrogen-bond donors (Lipinski definition) is 0. The number of aromatic nitrogens is 3. The van der Waals surface area contributed by atoms with Crippen molar-refractivity contribution in [2.75, 3.05) is 7.11 Å². The Balaban J connectivity index is 2.07. The number of ether oxygens (including phenoxy) is 1. The Morgan fingerprint density at radius 3 is 2.60 bits per heavy atom. The molecule has 4 heteroatoms. The highest BCUT2D eigenvalue weighted by Crippen LogP contribution is 2.25. The van der Waals surface area contributed by atoms with Gasteiger partial charge in [0.05, 0.1) is 24.7 Å². The van der Waals surface area contributed by atoms with Crippen LogP contribution in [0.1, 0.15) is 5.56 Å². The molecule has 0 saturated heterocycles. The van der Waals surface area contributed by atoms with Gasteiger partial charge in [-0.1, -0.05) is 35.0 Å². The molecule has 1 heterocycles. The highest BCUT2D eigenvalue weighted by molar-refractivity contribution is 5.62. The smallest absolute Gasteiger partial charge is 0.119 e. The third kappa shape index (κ3) is 2.28. The first-order valence-electron chi connectivity index (χ1n) is 6.40. The third-order valence-electron chi connectivity index (χ3n) is 3.19. The molecular weight excluding hydrogens is 250 g/mol. The molecule has 0 aliphatic rings. The van der Waals surface area contributed by atoms with Gasteiger partial charge in [-0.25, -0.2) is 4.68 Å². The number of nitrogens with zero attached hydrogens (tertiary/aromatic N) is 3. The summed E-state index contributed by atoms with van der Waals surface area (Å²) in [5.41, 5.74) is 4.17. The Kier molecular flexibility index (Phi) is 3.21. The van der Waals surface area contributed by atoms with E-state index in [0.29, 0.717) is 0 Å². The second kappa shape index (κ2) is 5.17. The fraction of sp³-hybridized carbons (Fsp3) is 0.125. The topological polar surface area (TPSA) is 39.9 Å². The molecule has 0 fully saturated rings. The molecule has 3 aromatic rings. The molecule has 0 atom stereocenters. The van der Waals surface area contributed by atoms with Crippen molar-refractivity contribution in [2.45, 2.75) is 6.92 Å². The number of benzene rings is 2. The van der Waals surface area contributed by atoms with Crippen LogP contribution in [0.25, 0.3) is 16.9 Å². The van der Waals surface area contributed by atoms with E-state index in [4.69, 9.17) is 4.74 Å². The van der Waals surface area contributed by atoms with Crippen molar-refractivity contribution in [2.24, 2.45) is 0 Å². The predicted molar refractivity (Wildman–Crippen MR) is 78.1 cm³/mol. The zero-order chi connectivity index (χ0) is 13.9. The zero-order valence-corrected chi connectivity index (χ0v) is 11.4. The van der Waals surface area contributed by atoms with Crippen LogP contribution in [0.2, 0.25) is 0 Å². The average Bonchev–Trinajstić information content (AvgIpc) is 2.97. The van der Waals surface area contributed by atoms with Crippen molar-refractivity contribution < 1.29 is 4.74 Å². The molecule has 2 aromatic carbocycles. The summed E-state index contributed by atoms with van der Waals surface area (Å²) in [5.74, 6) is 0.819. The fourth-order valence-electron chi connectivity index (χ4n) is 2.09. The Bertz CT molecular complexity index is 717. The molecule has 3 rings (SSSR count). The minimum Gasteiger partial charge on any atom is -0.497 e. The van der Waals surface area contributed by atoms with E-state index in [9.17, 15) is 0 Å². The van der Waals surface area contributed by atoms with Crippen molar-refractivity contribution in [3.63, 3.8) is 0 Å². The number of methoxy groups -OCH3 is 1. The SMILES string of the molecule is COc1cccc(-c2cnnn2-c2ccc(C)cc2)c1. The van der Waals surface area contributed by atoms with Crippen LogP contribution in [0.3, 0.4) is 0 Å². The lowest BCUT2D eigenvalue weighted by molar-refractivity contribution is 0.415. The van der Waals surface area contributed by atoms with E-state index in [1.165, 1.54) is 5.56 Å². The van der Waals surface area contributed by atoms with Gasteiger partial charge in [-0.3, -0.25) is 0 Å². The van der Waals surface area contributed by atoms with E-state index >= 15 is 0 Å². The monoisotopic (exact) mass is 265 g/mol. The molecule has 4 nitrogen and oxygen atoms in total. The first-order valence-corrected chi connectivity index (χ1v) is 6.40. The number of rotatable bonds is 3. The Hall–Kier alpha value is -2.62. The van der Waals surface area contributed by atoms with Crippen LogP contribution in [-0.2, 0) is 0 Å².